The number of nitrogens with zero attached hydrogens (tertiary/aromatic N) is 5. The van der Waals surface area contributed by atoms with Crippen LogP contribution in [-0.2, 0) is 6.18 Å². The van der Waals surface area contributed by atoms with E-state index in [4.69, 9.17) is 4.74 Å². The van der Waals surface area contributed by atoms with Gasteiger partial charge in [-0.1, -0.05) is 0 Å². The standard InChI is InChI=1S/C21H23F4N7O2S/c1-13-18(20(35-31-13)30-16-12-26-15(11-27-16)21(23,24)25)19(33)29-14-4-5-17(28-10-14)34-9-3-7-32(2)8-6-22/h4-5,10-12H,3,6-9H2,1-2H3,(H,27,30)(H,29,33). The minimum Gasteiger partial charge on any atom is -0.478 e. The number of aromatic nitrogens is 4. The third-order valence-electron chi connectivity index (χ3n) is 4.67. The molecule has 0 unspecified atom stereocenters. The van der Waals surface area contributed by atoms with Crippen LogP contribution in [0.3, 0.4) is 0 Å². The summed E-state index contributed by atoms with van der Waals surface area (Å²) in [6.07, 6.45) is -0.916. The average Bonchev–Trinajstić information content (AvgIpc) is 3.17. The molecule has 0 fully saturated rings. The van der Waals surface area contributed by atoms with Gasteiger partial charge in [-0.05, 0) is 38.0 Å². The van der Waals surface area contributed by atoms with Gasteiger partial charge in [0.25, 0.3) is 5.91 Å². The molecule has 188 valence electrons. The summed E-state index contributed by atoms with van der Waals surface area (Å²) in [7, 11) is 1.83. The van der Waals surface area contributed by atoms with Crippen LogP contribution >= 0.6 is 11.5 Å². The van der Waals surface area contributed by atoms with Crippen LogP contribution in [0.4, 0.5) is 34.1 Å². The quantitative estimate of drug-likeness (QED) is 0.289. The number of aryl methyl sites for hydroxylation is 1. The van der Waals surface area contributed by atoms with E-state index in [0.717, 1.165) is 17.7 Å². The zero-order valence-corrected chi connectivity index (χ0v) is 19.7. The van der Waals surface area contributed by atoms with Crippen molar-refractivity contribution in [3.63, 3.8) is 0 Å². The topological polar surface area (TPSA) is 105 Å². The van der Waals surface area contributed by atoms with Crippen LogP contribution in [0.15, 0.2) is 30.7 Å². The molecule has 35 heavy (non-hydrogen) atoms. The molecule has 2 N–H and O–H groups in total. The number of anilines is 3. The molecular formula is C21H23F4N7O2S. The second-order valence-corrected chi connectivity index (χ2v) is 8.19. The lowest BCUT2D eigenvalue weighted by molar-refractivity contribution is -0.141. The molecule has 0 atom stereocenters. The van der Waals surface area contributed by atoms with Gasteiger partial charge in [0, 0.05) is 19.2 Å². The van der Waals surface area contributed by atoms with Crippen molar-refractivity contribution in [2.45, 2.75) is 19.5 Å². The van der Waals surface area contributed by atoms with E-state index in [-0.39, 0.29) is 11.4 Å². The molecular weight excluding hydrogens is 490 g/mol. The molecule has 3 aromatic heterocycles. The van der Waals surface area contributed by atoms with Crippen molar-refractivity contribution in [2.75, 3.05) is 44.1 Å². The monoisotopic (exact) mass is 513 g/mol. The average molecular weight is 514 g/mol. The Balaban J connectivity index is 1.58. The largest absolute Gasteiger partial charge is 0.478 e. The number of rotatable bonds is 11. The summed E-state index contributed by atoms with van der Waals surface area (Å²) in [6.45, 7) is 2.72. The molecule has 0 aliphatic rings. The minimum atomic E-state index is -4.60. The Morgan fingerprint density at radius 1 is 1.14 bits per heavy atom. The third-order valence-corrected chi connectivity index (χ3v) is 5.52. The first kappa shape index (κ1) is 26.2. The van der Waals surface area contributed by atoms with Gasteiger partial charge in [-0.25, -0.2) is 19.3 Å². The van der Waals surface area contributed by atoms with Gasteiger partial charge in [0.1, 0.15) is 17.5 Å². The van der Waals surface area contributed by atoms with E-state index in [1.807, 2.05) is 11.9 Å². The molecule has 1 amide bonds. The number of carbonyl (C=O) groups excluding carboxylic acids is 1. The number of nitrogens with one attached hydrogen (secondary N) is 2. The van der Waals surface area contributed by atoms with Crippen LogP contribution in [-0.4, -0.2) is 63.6 Å². The van der Waals surface area contributed by atoms with Crippen molar-refractivity contribution in [3.05, 3.63) is 47.7 Å². The second-order valence-electron chi connectivity index (χ2n) is 7.42. The van der Waals surface area contributed by atoms with Crippen LogP contribution in [0.5, 0.6) is 5.88 Å². The Hall–Kier alpha value is -3.39. The molecule has 0 aliphatic carbocycles. The third kappa shape index (κ3) is 7.55. The summed E-state index contributed by atoms with van der Waals surface area (Å²) >= 11 is 0.966. The zero-order valence-electron chi connectivity index (χ0n) is 18.9. The molecule has 3 rings (SSSR count). The maximum Gasteiger partial charge on any atom is 0.434 e. The fraction of sp³-hybridized carbons (Fsp3) is 0.381. The van der Waals surface area contributed by atoms with Gasteiger partial charge in [0.2, 0.25) is 5.88 Å². The van der Waals surface area contributed by atoms with E-state index < -0.39 is 24.5 Å². The van der Waals surface area contributed by atoms with E-state index >= 15 is 0 Å². The second kappa shape index (κ2) is 11.8. The Morgan fingerprint density at radius 2 is 1.94 bits per heavy atom. The highest BCUT2D eigenvalue weighted by Gasteiger charge is 2.32. The fourth-order valence-electron chi connectivity index (χ4n) is 2.88. The molecule has 0 radical (unpaired) electrons. The van der Waals surface area contributed by atoms with Gasteiger partial charge in [0.05, 0.1) is 42.1 Å². The van der Waals surface area contributed by atoms with Gasteiger partial charge >= 0.3 is 6.18 Å². The number of ether oxygens (including phenoxy) is 1. The molecule has 0 spiro atoms. The Morgan fingerprint density at radius 3 is 2.57 bits per heavy atom. The highest BCUT2D eigenvalue weighted by atomic mass is 32.1. The first-order valence-corrected chi connectivity index (χ1v) is 11.2. The van der Waals surface area contributed by atoms with Crippen molar-refractivity contribution in [1.82, 2.24) is 24.2 Å². The van der Waals surface area contributed by atoms with Crippen LogP contribution in [0.1, 0.15) is 28.2 Å². The number of alkyl halides is 4. The van der Waals surface area contributed by atoms with E-state index in [1.165, 1.54) is 6.20 Å². The van der Waals surface area contributed by atoms with Gasteiger partial charge < -0.3 is 20.3 Å². The lowest BCUT2D eigenvalue weighted by Gasteiger charge is -2.14. The summed E-state index contributed by atoms with van der Waals surface area (Å²) in [5, 5.41) is 5.80. The van der Waals surface area contributed by atoms with Gasteiger partial charge in [-0.2, -0.15) is 17.5 Å². The SMILES string of the molecule is Cc1nsc(Nc2cnc(C(F)(F)F)cn2)c1C(=O)Nc1ccc(OCCCN(C)CCF)nc1. The van der Waals surface area contributed by atoms with Crippen molar-refractivity contribution < 1.29 is 27.1 Å². The molecule has 3 heterocycles. The van der Waals surface area contributed by atoms with Crippen LogP contribution in [0.2, 0.25) is 0 Å². The Bertz CT molecular complexity index is 1110. The first-order valence-electron chi connectivity index (χ1n) is 10.4. The minimum absolute atomic E-state index is 0.0368. The summed E-state index contributed by atoms with van der Waals surface area (Å²) in [5.41, 5.74) is -0.0589. The molecule has 0 saturated heterocycles. The van der Waals surface area contributed by atoms with Crippen molar-refractivity contribution in [3.8, 4) is 5.88 Å². The van der Waals surface area contributed by atoms with Gasteiger partial charge in [-0.15, -0.1) is 0 Å². The summed E-state index contributed by atoms with van der Waals surface area (Å²) in [5.74, 6) is -0.0625. The number of hydrogen-bond donors (Lipinski definition) is 2. The number of carbonyl (C=O) groups is 1. The summed E-state index contributed by atoms with van der Waals surface area (Å²) in [6, 6.07) is 3.23. The zero-order chi connectivity index (χ0) is 25.4. The van der Waals surface area contributed by atoms with E-state index in [9.17, 15) is 22.4 Å². The predicted molar refractivity (Wildman–Crippen MR) is 123 cm³/mol. The Kier molecular flexibility index (Phi) is 8.87. The normalized spacial score (nSPS) is 11.5. The lowest BCUT2D eigenvalue weighted by atomic mass is 10.2. The molecule has 0 aromatic carbocycles. The highest BCUT2D eigenvalue weighted by molar-refractivity contribution is 7.10. The van der Waals surface area contributed by atoms with E-state index in [0.29, 0.717) is 54.6 Å². The maximum atomic E-state index is 12.8. The number of hydrogen-bond acceptors (Lipinski definition) is 9. The van der Waals surface area contributed by atoms with Crippen molar-refractivity contribution >= 4 is 33.9 Å². The first-order chi connectivity index (χ1) is 16.7. The molecule has 0 bridgehead atoms. The predicted octanol–water partition coefficient (Wildman–Crippen LogP) is 4.32. The van der Waals surface area contributed by atoms with Crippen LogP contribution in [0, 0.1) is 6.92 Å². The van der Waals surface area contributed by atoms with E-state index in [1.54, 1.807) is 19.1 Å². The molecule has 9 nitrogen and oxygen atoms in total. The number of halogens is 4. The Labute approximate surface area is 202 Å². The number of amides is 1. The number of pyridine rings is 1. The highest BCUT2D eigenvalue weighted by Crippen LogP contribution is 2.30. The van der Waals surface area contributed by atoms with Crippen molar-refractivity contribution in [2.24, 2.45) is 0 Å². The molecule has 0 aliphatic heterocycles. The van der Waals surface area contributed by atoms with E-state index in [2.05, 4.69) is 30.0 Å². The maximum absolute atomic E-state index is 12.8. The van der Waals surface area contributed by atoms with Crippen LogP contribution < -0.4 is 15.4 Å². The van der Waals surface area contributed by atoms with Gasteiger partial charge in [-0.3, -0.25) is 4.79 Å². The lowest BCUT2D eigenvalue weighted by Crippen LogP contribution is -2.23. The molecule has 3 aromatic rings. The summed E-state index contributed by atoms with van der Waals surface area (Å²) in [4.78, 5) is 25.9. The smallest absolute Gasteiger partial charge is 0.434 e. The van der Waals surface area contributed by atoms with Crippen molar-refractivity contribution in [1.29, 1.82) is 0 Å². The van der Waals surface area contributed by atoms with Crippen LogP contribution in [0.25, 0.3) is 0 Å². The molecule has 14 heteroatoms. The van der Waals surface area contributed by atoms with Gasteiger partial charge in [0.15, 0.2) is 5.69 Å². The summed E-state index contributed by atoms with van der Waals surface area (Å²) < 4.78 is 60.0. The fourth-order valence-corrected chi connectivity index (χ4v) is 3.68. The molecule has 0 saturated carbocycles.